The molecular weight excluding hydrogens is 410 g/mol. The summed E-state index contributed by atoms with van der Waals surface area (Å²) >= 11 is 0. The third kappa shape index (κ3) is 7.11. The van der Waals surface area contributed by atoms with Crippen molar-refractivity contribution >= 4 is 23.0 Å². The largest absolute Gasteiger partial charge is 0.444 e. The van der Waals surface area contributed by atoms with Gasteiger partial charge in [0.15, 0.2) is 0 Å². The fraction of sp³-hybridized carbons (Fsp3) is 0.560. The number of amides is 1. The predicted octanol–water partition coefficient (Wildman–Crippen LogP) is 5.29. The number of esters is 1. The molecule has 1 amide bonds. The normalized spacial score (nSPS) is 12.6. The van der Waals surface area contributed by atoms with E-state index in [-0.39, 0.29) is 11.7 Å². The molecule has 32 heavy (non-hydrogen) atoms. The quantitative estimate of drug-likeness (QED) is 0.337. The number of hydrogen-bond acceptors (Lipinski definition) is 6. The van der Waals surface area contributed by atoms with E-state index in [9.17, 15) is 14.4 Å². The number of nitrogens with one attached hydrogen (secondary N) is 1. The fourth-order valence-electron chi connectivity index (χ4n) is 3.41. The lowest BCUT2D eigenvalue weighted by molar-refractivity contribution is -0.137. The Morgan fingerprint density at radius 1 is 1.19 bits per heavy atom. The highest BCUT2D eigenvalue weighted by molar-refractivity contribution is 5.87. The number of alkyl carbamates (subject to hydrolysis) is 1. The van der Waals surface area contributed by atoms with E-state index in [1.165, 1.54) is 6.07 Å². The molecule has 0 saturated heterocycles. The maximum Gasteiger partial charge on any atom is 0.408 e. The molecule has 2 rings (SSSR count). The van der Waals surface area contributed by atoms with Crippen molar-refractivity contribution in [3.8, 4) is 5.75 Å². The summed E-state index contributed by atoms with van der Waals surface area (Å²) < 4.78 is 16.4. The molecule has 1 N–H and O–H groups in total. The maximum atomic E-state index is 12.9. The van der Waals surface area contributed by atoms with E-state index in [0.717, 1.165) is 30.2 Å². The zero-order valence-electron chi connectivity index (χ0n) is 20.2. The zero-order chi connectivity index (χ0) is 24.1. The van der Waals surface area contributed by atoms with Crippen molar-refractivity contribution < 1.29 is 23.5 Å². The van der Waals surface area contributed by atoms with Crippen LogP contribution in [-0.4, -0.2) is 23.7 Å². The van der Waals surface area contributed by atoms with E-state index in [1.807, 2.05) is 13.8 Å². The maximum absolute atomic E-state index is 12.9. The van der Waals surface area contributed by atoms with Crippen LogP contribution in [0.3, 0.4) is 0 Å². The molecular formula is C25H35NO6. The van der Waals surface area contributed by atoms with Crippen molar-refractivity contribution in [1.82, 2.24) is 5.32 Å². The minimum absolute atomic E-state index is 0.138. The Morgan fingerprint density at radius 3 is 2.47 bits per heavy atom. The second kappa shape index (κ2) is 10.7. The predicted molar refractivity (Wildman–Crippen MR) is 124 cm³/mol. The molecule has 7 heteroatoms. The molecule has 0 radical (unpaired) electrons. The second-order valence-electron chi connectivity index (χ2n) is 9.51. The van der Waals surface area contributed by atoms with Crippen LogP contribution < -0.4 is 15.7 Å². The smallest absolute Gasteiger partial charge is 0.408 e. The number of hydrogen-bond donors (Lipinski definition) is 1. The zero-order valence-corrected chi connectivity index (χ0v) is 20.2. The Bertz CT molecular complexity index is 1020. The van der Waals surface area contributed by atoms with Crippen molar-refractivity contribution in [3.05, 3.63) is 39.7 Å². The first kappa shape index (κ1) is 25.4. The van der Waals surface area contributed by atoms with Gasteiger partial charge in [-0.3, -0.25) is 0 Å². The third-order valence-corrected chi connectivity index (χ3v) is 4.89. The van der Waals surface area contributed by atoms with Gasteiger partial charge in [0, 0.05) is 17.0 Å². The second-order valence-corrected chi connectivity index (χ2v) is 9.51. The van der Waals surface area contributed by atoms with Crippen LogP contribution in [0.5, 0.6) is 5.75 Å². The summed E-state index contributed by atoms with van der Waals surface area (Å²) in [6.07, 6.45) is 2.45. The van der Waals surface area contributed by atoms with Crippen LogP contribution >= 0.6 is 0 Å². The monoisotopic (exact) mass is 445 g/mol. The molecule has 176 valence electrons. The number of rotatable bonds is 8. The van der Waals surface area contributed by atoms with Crippen LogP contribution in [0.15, 0.2) is 27.4 Å². The molecule has 1 aromatic carbocycles. The van der Waals surface area contributed by atoms with Crippen molar-refractivity contribution in [2.75, 3.05) is 0 Å². The summed E-state index contributed by atoms with van der Waals surface area (Å²) in [7, 11) is 0. The van der Waals surface area contributed by atoms with Crippen molar-refractivity contribution in [2.24, 2.45) is 5.92 Å². The average Bonchev–Trinajstić information content (AvgIpc) is 2.66. The molecule has 0 saturated carbocycles. The van der Waals surface area contributed by atoms with Gasteiger partial charge in [0.1, 0.15) is 23.0 Å². The van der Waals surface area contributed by atoms with E-state index in [1.54, 1.807) is 39.8 Å². The molecule has 7 nitrogen and oxygen atoms in total. The molecule has 1 aromatic heterocycles. The lowest BCUT2D eigenvalue weighted by Crippen LogP contribution is -2.45. The molecule has 0 aliphatic rings. The number of fused-ring (bicyclic) bond motifs is 1. The van der Waals surface area contributed by atoms with Crippen LogP contribution in [0.2, 0.25) is 0 Å². The number of carbonyl (C=O) groups is 2. The average molecular weight is 446 g/mol. The minimum atomic E-state index is -0.872. The molecule has 2 aromatic rings. The standard InChI is InChI=1S/C25H35NO6/c1-8-9-10-17-14-21(27)31-22-16(4)20(12-11-18(17)22)30-23(28)19(13-15(2)3)26-24(29)32-25(5,6)7/h11-12,14-15,19H,8-10,13H2,1-7H3,(H,26,29)/t19-/m0/s1. The Hall–Kier alpha value is -2.83. The van der Waals surface area contributed by atoms with Gasteiger partial charge in [0.25, 0.3) is 0 Å². The van der Waals surface area contributed by atoms with Gasteiger partial charge in [-0.1, -0.05) is 27.2 Å². The number of benzene rings is 1. The van der Waals surface area contributed by atoms with E-state index in [2.05, 4.69) is 12.2 Å². The van der Waals surface area contributed by atoms with Crippen LogP contribution in [0.1, 0.15) is 71.9 Å². The number of carbonyl (C=O) groups excluding carboxylic acids is 2. The summed E-state index contributed by atoms with van der Waals surface area (Å²) in [6.45, 7) is 13.0. The van der Waals surface area contributed by atoms with Crippen LogP contribution in [0.4, 0.5) is 4.79 Å². The van der Waals surface area contributed by atoms with Gasteiger partial charge in [-0.25, -0.2) is 14.4 Å². The van der Waals surface area contributed by atoms with Crippen LogP contribution in [0, 0.1) is 12.8 Å². The summed E-state index contributed by atoms with van der Waals surface area (Å²) in [5, 5.41) is 3.45. The Morgan fingerprint density at radius 2 is 1.88 bits per heavy atom. The highest BCUT2D eigenvalue weighted by Gasteiger charge is 2.27. The molecule has 0 fully saturated rings. The van der Waals surface area contributed by atoms with Gasteiger partial charge in [0.2, 0.25) is 0 Å². The molecule has 1 atom stereocenters. The number of ether oxygens (including phenoxy) is 2. The van der Waals surface area contributed by atoms with Gasteiger partial charge in [-0.15, -0.1) is 0 Å². The minimum Gasteiger partial charge on any atom is -0.444 e. The van der Waals surface area contributed by atoms with Crippen molar-refractivity contribution in [2.45, 2.75) is 85.8 Å². The van der Waals surface area contributed by atoms with Gasteiger partial charge in [-0.05, 0) is 70.6 Å². The SMILES string of the molecule is CCCCc1cc(=O)oc2c(C)c(OC(=O)[C@H](CC(C)C)NC(=O)OC(C)(C)C)ccc12. The van der Waals surface area contributed by atoms with Gasteiger partial charge in [0.05, 0.1) is 0 Å². The van der Waals surface area contributed by atoms with E-state index < -0.39 is 29.3 Å². The first-order valence-electron chi connectivity index (χ1n) is 11.2. The molecule has 0 aliphatic heterocycles. The molecule has 0 spiro atoms. The topological polar surface area (TPSA) is 94.8 Å². The first-order valence-corrected chi connectivity index (χ1v) is 11.2. The van der Waals surface area contributed by atoms with E-state index in [4.69, 9.17) is 13.9 Å². The van der Waals surface area contributed by atoms with Gasteiger partial charge >= 0.3 is 17.7 Å². The first-order chi connectivity index (χ1) is 14.9. The summed E-state index contributed by atoms with van der Waals surface area (Å²) in [5.41, 5.74) is 0.780. The highest BCUT2D eigenvalue weighted by Crippen LogP contribution is 2.29. The summed E-state index contributed by atoms with van der Waals surface area (Å²) in [6, 6.07) is 4.15. The van der Waals surface area contributed by atoms with E-state index >= 15 is 0 Å². The van der Waals surface area contributed by atoms with E-state index in [0.29, 0.717) is 17.6 Å². The fourth-order valence-corrected chi connectivity index (χ4v) is 3.41. The molecule has 0 unspecified atom stereocenters. The lowest BCUT2D eigenvalue weighted by Gasteiger charge is -2.24. The number of aryl methyl sites for hydroxylation is 2. The van der Waals surface area contributed by atoms with Crippen molar-refractivity contribution in [3.63, 3.8) is 0 Å². The lowest BCUT2D eigenvalue weighted by atomic mass is 10.0. The Kier molecular flexibility index (Phi) is 8.47. The Labute approximate surface area is 189 Å². The molecule has 1 heterocycles. The highest BCUT2D eigenvalue weighted by atomic mass is 16.6. The third-order valence-electron chi connectivity index (χ3n) is 4.89. The molecule has 0 aliphatic carbocycles. The summed E-state index contributed by atoms with van der Waals surface area (Å²) in [4.78, 5) is 37.2. The van der Waals surface area contributed by atoms with Crippen molar-refractivity contribution in [1.29, 1.82) is 0 Å². The summed E-state index contributed by atoms with van der Waals surface area (Å²) in [5.74, 6) is -0.172. The number of unbranched alkanes of at least 4 members (excludes halogenated alkanes) is 1. The van der Waals surface area contributed by atoms with Crippen LogP contribution in [-0.2, 0) is 16.0 Å². The van der Waals surface area contributed by atoms with Crippen LogP contribution in [0.25, 0.3) is 11.0 Å². The molecule has 0 bridgehead atoms. The Balaban J connectivity index is 2.30. The van der Waals surface area contributed by atoms with Gasteiger partial charge in [-0.2, -0.15) is 0 Å². The van der Waals surface area contributed by atoms with Gasteiger partial charge < -0.3 is 19.2 Å².